The molecular weight excluding hydrogens is 268 g/mol. The van der Waals surface area contributed by atoms with Crippen molar-refractivity contribution in [2.75, 3.05) is 7.11 Å². The second-order valence-corrected chi connectivity index (χ2v) is 4.11. The van der Waals surface area contributed by atoms with Crippen LogP contribution in [-0.2, 0) is 0 Å². The number of aromatic nitrogens is 5. The average Bonchev–Trinajstić information content (AvgIpc) is 3.04. The minimum atomic E-state index is 0.434. The van der Waals surface area contributed by atoms with E-state index < -0.39 is 0 Å². The number of methoxy groups -OCH3 is 1. The van der Waals surface area contributed by atoms with Crippen LogP contribution in [0.1, 0.15) is 5.56 Å². The van der Waals surface area contributed by atoms with Gasteiger partial charge in [-0.2, -0.15) is 10.4 Å². The van der Waals surface area contributed by atoms with Crippen LogP contribution < -0.4 is 4.74 Å². The van der Waals surface area contributed by atoms with Gasteiger partial charge in [-0.25, -0.2) is 4.68 Å². The molecule has 0 atom stereocenters. The molecule has 3 aromatic heterocycles. The molecule has 0 N–H and O–H groups in total. The van der Waals surface area contributed by atoms with Gasteiger partial charge in [0.05, 0.1) is 30.3 Å². The molecule has 3 rings (SSSR count). The number of rotatable bonds is 3. The molecule has 0 saturated heterocycles. The third-order valence-electron chi connectivity index (χ3n) is 2.85. The van der Waals surface area contributed by atoms with Crippen molar-refractivity contribution in [2.24, 2.45) is 0 Å². The molecule has 3 aromatic rings. The Morgan fingerprint density at radius 3 is 2.67 bits per heavy atom. The van der Waals surface area contributed by atoms with Gasteiger partial charge in [0.1, 0.15) is 6.07 Å². The van der Waals surface area contributed by atoms with E-state index in [-0.39, 0.29) is 0 Å². The van der Waals surface area contributed by atoms with Crippen molar-refractivity contribution >= 4 is 0 Å². The Hall–Kier alpha value is -3.27. The molecule has 0 bridgehead atoms. The zero-order valence-corrected chi connectivity index (χ0v) is 11.1. The van der Waals surface area contributed by atoms with Gasteiger partial charge in [0.25, 0.3) is 0 Å². The smallest absolute Gasteiger partial charge is 0.233 e. The van der Waals surface area contributed by atoms with Crippen molar-refractivity contribution in [3.8, 4) is 29.2 Å². The van der Waals surface area contributed by atoms with E-state index in [0.29, 0.717) is 23.0 Å². The van der Waals surface area contributed by atoms with Crippen LogP contribution in [-0.4, -0.2) is 32.1 Å². The van der Waals surface area contributed by atoms with Crippen LogP contribution in [0, 0.1) is 11.3 Å². The molecule has 7 nitrogen and oxygen atoms in total. The van der Waals surface area contributed by atoms with Gasteiger partial charge in [-0.05, 0) is 24.3 Å². The lowest BCUT2D eigenvalue weighted by atomic mass is 10.2. The van der Waals surface area contributed by atoms with Crippen molar-refractivity contribution in [3.63, 3.8) is 0 Å². The van der Waals surface area contributed by atoms with Gasteiger partial charge < -0.3 is 4.74 Å². The SMILES string of the molecule is COc1ccc(-n2nccc2-c2ccc(C#N)cn2)nn1. The Morgan fingerprint density at radius 1 is 1.14 bits per heavy atom. The maximum Gasteiger partial charge on any atom is 0.233 e. The lowest BCUT2D eigenvalue weighted by Gasteiger charge is -2.06. The fraction of sp³-hybridized carbons (Fsp3) is 0.0714. The fourth-order valence-corrected chi connectivity index (χ4v) is 1.83. The minimum Gasteiger partial charge on any atom is -0.480 e. The van der Waals surface area contributed by atoms with Crippen LogP contribution in [0.5, 0.6) is 5.88 Å². The molecule has 0 fully saturated rings. The van der Waals surface area contributed by atoms with E-state index in [1.165, 1.54) is 13.3 Å². The first-order chi connectivity index (χ1) is 10.3. The Morgan fingerprint density at radius 2 is 2.05 bits per heavy atom. The first-order valence-corrected chi connectivity index (χ1v) is 6.10. The second kappa shape index (κ2) is 5.38. The summed E-state index contributed by atoms with van der Waals surface area (Å²) in [7, 11) is 1.53. The van der Waals surface area contributed by atoms with Crippen LogP contribution in [0.25, 0.3) is 17.2 Å². The van der Waals surface area contributed by atoms with Crippen molar-refractivity contribution in [3.05, 3.63) is 48.3 Å². The zero-order valence-electron chi connectivity index (χ0n) is 11.1. The zero-order chi connectivity index (χ0) is 14.7. The predicted octanol–water partition coefficient (Wildman–Crippen LogP) is 1.60. The van der Waals surface area contributed by atoms with E-state index in [9.17, 15) is 0 Å². The highest BCUT2D eigenvalue weighted by Gasteiger charge is 2.10. The molecule has 0 unspecified atom stereocenters. The molecule has 0 amide bonds. The number of ether oxygens (including phenoxy) is 1. The van der Waals surface area contributed by atoms with Gasteiger partial charge in [-0.1, -0.05) is 0 Å². The van der Waals surface area contributed by atoms with Gasteiger partial charge in [0.2, 0.25) is 5.88 Å². The summed E-state index contributed by atoms with van der Waals surface area (Å²) in [4.78, 5) is 4.26. The number of pyridine rings is 1. The maximum atomic E-state index is 8.80. The quantitative estimate of drug-likeness (QED) is 0.723. The molecule has 0 aromatic carbocycles. The Balaban J connectivity index is 2.01. The van der Waals surface area contributed by atoms with E-state index in [1.54, 1.807) is 35.1 Å². The highest BCUT2D eigenvalue weighted by Crippen LogP contribution is 2.19. The first kappa shape index (κ1) is 12.7. The summed E-state index contributed by atoms with van der Waals surface area (Å²) in [5.74, 6) is 0.992. The standard InChI is InChI=1S/C14H10N6O/c1-21-14-5-4-13(18-19-14)20-12(6-7-17-20)11-3-2-10(8-15)9-16-11/h2-7,9H,1H3. The van der Waals surface area contributed by atoms with E-state index in [2.05, 4.69) is 20.3 Å². The first-order valence-electron chi connectivity index (χ1n) is 6.10. The molecule has 0 spiro atoms. The molecule has 0 saturated carbocycles. The molecule has 102 valence electrons. The number of nitrogens with zero attached hydrogens (tertiary/aromatic N) is 6. The maximum absolute atomic E-state index is 8.80. The topological polar surface area (TPSA) is 89.5 Å². The average molecular weight is 278 g/mol. The van der Waals surface area contributed by atoms with Crippen LogP contribution in [0.3, 0.4) is 0 Å². The van der Waals surface area contributed by atoms with Crippen LogP contribution in [0.4, 0.5) is 0 Å². The monoisotopic (exact) mass is 278 g/mol. The van der Waals surface area contributed by atoms with E-state index >= 15 is 0 Å². The van der Waals surface area contributed by atoms with Crippen molar-refractivity contribution in [1.29, 1.82) is 5.26 Å². The van der Waals surface area contributed by atoms with Gasteiger partial charge in [0, 0.05) is 12.3 Å². The molecule has 7 heteroatoms. The van der Waals surface area contributed by atoms with Crippen molar-refractivity contribution in [1.82, 2.24) is 25.0 Å². The summed E-state index contributed by atoms with van der Waals surface area (Å²) >= 11 is 0. The molecule has 0 aliphatic heterocycles. The predicted molar refractivity (Wildman–Crippen MR) is 73.7 cm³/mol. The fourth-order valence-electron chi connectivity index (χ4n) is 1.83. The molecule has 0 aliphatic carbocycles. The summed E-state index contributed by atoms with van der Waals surface area (Å²) in [6.45, 7) is 0. The van der Waals surface area contributed by atoms with Gasteiger partial charge in [-0.15, -0.1) is 10.2 Å². The third kappa shape index (κ3) is 2.42. The van der Waals surface area contributed by atoms with Crippen molar-refractivity contribution in [2.45, 2.75) is 0 Å². The minimum absolute atomic E-state index is 0.434. The third-order valence-corrected chi connectivity index (χ3v) is 2.85. The Labute approximate surface area is 120 Å². The van der Waals surface area contributed by atoms with E-state index in [4.69, 9.17) is 10.00 Å². The Bertz CT molecular complexity index is 786. The summed E-state index contributed by atoms with van der Waals surface area (Å²) < 4.78 is 6.61. The van der Waals surface area contributed by atoms with Crippen LogP contribution in [0.15, 0.2) is 42.7 Å². The van der Waals surface area contributed by atoms with E-state index in [1.807, 2.05) is 12.1 Å². The molecule has 0 radical (unpaired) electrons. The summed E-state index contributed by atoms with van der Waals surface area (Å²) in [5, 5.41) is 21.0. The summed E-state index contributed by atoms with van der Waals surface area (Å²) in [5.41, 5.74) is 1.97. The number of hydrogen-bond donors (Lipinski definition) is 0. The molecule has 3 heterocycles. The summed E-state index contributed by atoms with van der Waals surface area (Å²) in [6, 6.07) is 10.8. The molecule has 0 aliphatic rings. The second-order valence-electron chi connectivity index (χ2n) is 4.11. The van der Waals surface area contributed by atoms with Crippen molar-refractivity contribution < 1.29 is 4.74 Å². The summed E-state index contributed by atoms with van der Waals surface area (Å²) in [6.07, 6.45) is 3.17. The lowest BCUT2D eigenvalue weighted by Crippen LogP contribution is -2.04. The van der Waals surface area contributed by atoms with Gasteiger partial charge in [0.15, 0.2) is 5.82 Å². The number of nitriles is 1. The highest BCUT2D eigenvalue weighted by atomic mass is 16.5. The lowest BCUT2D eigenvalue weighted by molar-refractivity contribution is 0.391. The van der Waals surface area contributed by atoms with Gasteiger partial charge in [-0.3, -0.25) is 4.98 Å². The number of hydrogen-bond acceptors (Lipinski definition) is 6. The van der Waals surface area contributed by atoms with E-state index in [0.717, 1.165) is 5.69 Å². The van der Waals surface area contributed by atoms with Crippen LogP contribution in [0.2, 0.25) is 0 Å². The normalized spacial score (nSPS) is 10.1. The largest absolute Gasteiger partial charge is 0.480 e. The molecular formula is C14H10N6O. The van der Waals surface area contributed by atoms with Crippen LogP contribution >= 0.6 is 0 Å². The highest BCUT2D eigenvalue weighted by molar-refractivity contribution is 5.57. The Kier molecular flexibility index (Phi) is 3.27. The van der Waals surface area contributed by atoms with Gasteiger partial charge >= 0.3 is 0 Å². The molecule has 21 heavy (non-hydrogen) atoms.